The third-order valence-corrected chi connectivity index (χ3v) is 1.55. The number of hydrogen-bond donors (Lipinski definition) is 0. The number of hydrogen-bond acceptors (Lipinski definition) is 2. The van der Waals surface area contributed by atoms with Gasteiger partial charge in [0.25, 0.3) is 0 Å². The van der Waals surface area contributed by atoms with Crippen LogP contribution in [-0.2, 0) is 9.47 Å². The van der Waals surface area contributed by atoms with Gasteiger partial charge in [-0.2, -0.15) is 0 Å². The molecule has 1 unspecified atom stereocenters. The van der Waals surface area contributed by atoms with E-state index in [-0.39, 0.29) is 0 Å². The summed E-state index contributed by atoms with van der Waals surface area (Å²) in [6, 6.07) is 0. The van der Waals surface area contributed by atoms with Crippen LogP contribution in [0.3, 0.4) is 0 Å². The van der Waals surface area contributed by atoms with Crippen molar-refractivity contribution in [1.29, 1.82) is 0 Å². The molecule has 0 N–H and O–H groups in total. The van der Waals surface area contributed by atoms with Crippen molar-refractivity contribution < 1.29 is 9.47 Å². The third-order valence-electron chi connectivity index (χ3n) is 1.55. The van der Waals surface area contributed by atoms with Crippen LogP contribution in [0, 0.1) is 5.92 Å². The Labute approximate surface area is 76.3 Å². The smallest absolute Gasteiger partial charge is 0.0830 e. The molecular weight excluding hydrogens is 152 g/mol. The molecule has 1 heterocycles. The van der Waals surface area contributed by atoms with Crippen LogP contribution in [0.4, 0.5) is 0 Å². The van der Waals surface area contributed by atoms with Crippen LogP contribution in [0.15, 0.2) is 0 Å². The summed E-state index contributed by atoms with van der Waals surface area (Å²) < 4.78 is 10.7. The van der Waals surface area contributed by atoms with Crippen molar-refractivity contribution in [1.82, 2.24) is 0 Å². The van der Waals surface area contributed by atoms with Gasteiger partial charge in [-0.25, -0.2) is 0 Å². The van der Waals surface area contributed by atoms with Crippen molar-refractivity contribution in [3.05, 3.63) is 0 Å². The van der Waals surface area contributed by atoms with Gasteiger partial charge in [-0.1, -0.05) is 27.7 Å². The summed E-state index contributed by atoms with van der Waals surface area (Å²) in [5, 5.41) is 0. The Hall–Kier alpha value is -0.0800. The normalized spacial score (nSPS) is 22.2. The first-order valence-electron chi connectivity index (χ1n) is 4.98. The van der Waals surface area contributed by atoms with E-state index in [1.54, 1.807) is 0 Å². The quantitative estimate of drug-likeness (QED) is 0.654. The molecule has 1 aliphatic heterocycles. The number of rotatable bonds is 3. The fourth-order valence-corrected chi connectivity index (χ4v) is 0.973. The molecule has 0 aromatic rings. The second-order valence-electron chi connectivity index (χ2n) is 3.21. The van der Waals surface area contributed by atoms with E-state index >= 15 is 0 Å². The molecule has 0 amide bonds. The van der Waals surface area contributed by atoms with Crippen molar-refractivity contribution in [3.63, 3.8) is 0 Å². The molecule has 1 fully saturated rings. The molecule has 1 saturated heterocycles. The summed E-state index contributed by atoms with van der Waals surface area (Å²) in [4.78, 5) is 0. The Balaban J connectivity index is 0.000000561. The molecule has 0 aliphatic carbocycles. The highest BCUT2D eigenvalue weighted by Gasteiger charge is 2.15. The highest BCUT2D eigenvalue weighted by atomic mass is 16.5. The van der Waals surface area contributed by atoms with Crippen LogP contribution in [0.1, 0.15) is 34.1 Å². The largest absolute Gasteiger partial charge is 0.379 e. The molecule has 12 heavy (non-hydrogen) atoms. The van der Waals surface area contributed by atoms with Crippen LogP contribution in [0.25, 0.3) is 0 Å². The van der Waals surface area contributed by atoms with Crippen LogP contribution >= 0.6 is 0 Å². The van der Waals surface area contributed by atoms with Gasteiger partial charge in [0.1, 0.15) is 0 Å². The Morgan fingerprint density at radius 2 is 2.08 bits per heavy atom. The highest BCUT2D eigenvalue weighted by Crippen LogP contribution is 2.09. The van der Waals surface area contributed by atoms with Crippen molar-refractivity contribution >= 4 is 0 Å². The maximum atomic E-state index is 5.54. The molecule has 0 radical (unpaired) electrons. The van der Waals surface area contributed by atoms with Crippen molar-refractivity contribution in [2.45, 2.75) is 40.2 Å². The lowest BCUT2D eigenvalue weighted by Gasteiger charge is -2.10. The van der Waals surface area contributed by atoms with Gasteiger partial charge in [0.15, 0.2) is 0 Å². The lowest BCUT2D eigenvalue weighted by Crippen LogP contribution is -2.15. The third kappa shape index (κ3) is 5.56. The first-order valence-corrected chi connectivity index (χ1v) is 4.98. The van der Waals surface area contributed by atoms with E-state index in [2.05, 4.69) is 13.8 Å². The second kappa shape index (κ2) is 7.56. The zero-order chi connectivity index (χ0) is 9.40. The van der Waals surface area contributed by atoms with E-state index in [1.807, 2.05) is 13.8 Å². The molecule has 2 heteroatoms. The summed E-state index contributed by atoms with van der Waals surface area (Å²) in [6.45, 7) is 10.9. The van der Waals surface area contributed by atoms with Crippen LogP contribution in [0.5, 0.6) is 0 Å². The minimum Gasteiger partial charge on any atom is -0.379 e. The van der Waals surface area contributed by atoms with Crippen molar-refractivity contribution in [2.75, 3.05) is 19.8 Å². The molecule has 1 aliphatic rings. The van der Waals surface area contributed by atoms with E-state index in [9.17, 15) is 0 Å². The van der Waals surface area contributed by atoms with E-state index in [0.717, 1.165) is 26.2 Å². The molecule has 2 nitrogen and oxygen atoms in total. The predicted octanol–water partition coefficient (Wildman–Crippen LogP) is 2.47. The summed E-state index contributed by atoms with van der Waals surface area (Å²) >= 11 is 0. The molecule has 0 aromatic heterocycles. The lowest BCUT2D eigenvalue weighted by molar-refractivity contribution is 0.0280. The number of ether oxygens (including phenoxy) is 2. The average Bonchev–Trinajstić information content (AvgIpc) is 2.56. The standard InChI is InChI=1S/C8H16O2.C2H6/c1-7(2)5-10-8-3-4-9-6-8;1-2/h7-8H,3-6H2,1-2H3;1-2H3. The molecule has 0 bridgehead atoms. The molecule has 0 aromatic carbocycles. The first kappa shape index (κ1) is 11.9. The van der Waals surface area contributed by atoms with Gasteiger partial charge >= 0.3 is 0 Å². The predicted molar refractivity (Wildman–Crippen MR) is 51.4 cm³/mol. The Morgan fingerprint density at radius 3 is 2.50 bits per heavy atom. The summed E-state index contributed by atoms with van der Waals surface area (Å²) in [7, 11) is 0. The molecule has 0 spiro atoms. The van der Waals surface area contributed by atoms with Gasteiger partial charge in [-0.3, -0.25) is 0 Å². The molecule has 1 atom stereocenters. The average molecular weight is 174 g/mol. The van der Waals surface area contributed by atoms with Gasteiger partial charge in [0.05, 0.1) is 12.7 Å². The fourth-order valence-electron chi connectivity index (χ4n) is 0.973. The topological polar surface area (TPSA) is 18.5 Å². The SMILES string of the molecule is CC.CC(C)COC1CCOC1. The monoisotopic (exact) mass is 174 g/mol. The minimum absolute atomic E-state index is 0.377. The fraction of sp³-hybridized carbons (Fsp3) is 1.00. The van der Waals surface area contributed by atoms with E-state index in [0.29, 0.717) is 12.0 Å². The molecule has 74 valence electrons. The summed E-state index contributed by atoms with van der Waals surface area (Å²) in [5.74, 6) is 0.639. The van der Waals surface area contributed by atoms with Crippen LogP contribution < -0.4 is 0 Å². The van der Waals surface area contributed by atoms with Crippen LogP contribution in [-0.4, -0.2) is 25.9 Å². The van der Waals surface area contributed by atoms with Crippen molar-refractivity contribution in [2.24, 2.45) is 5.92 Å². The summed E-state index contributed by atoms with van der Waals surface area (Å²) in [6.07, 6.45) is 1.45. The van der Waals surface area contributed by atoms with Gasteiger partial charge in [-0.05, 0) is 12.3 Å². The van der Waals surface area contributed by atoms with Gasteiger partial charge in [0, 0.05) is 13.2 Å². The maximum absolute atomic E-state index is 5.54. The zero-order valence-electron chi connectivity index (χ0n) is 8.80. The first-order chi connectivity index (χ1) is 5.79. The minimum atomic E-state index is 0.377. The molecule has 0 saturated carbocycles. The van der Waals surface area contributed by atoms with E-state index in [4.69, 9.17) is 9.47 Å². The van der Waals surface area contributed by atoms with Gasteiger partial charge < -0.3 is 9.47 Å². The van der Waals surface area contributed by atoms with E-state index < -0.39 is 0 Å². The van der Waals surface area contributed by atoms with E-state index in [1.165, 1.54) is 0 Å². The van der Waals surface area contributed by atoms with Gasteiger partial charge in [0.2, 0.25) is 0 Å². The molecular formula is C10H22O2. The molecule has 1 rings (SSSR count). The Bertz CT molecular complexity index is 85.8. The Morgan fingerprint density at radius 1 is 1.42 bits per heavy atom. The maximum Gasteiger partial charge on any atom is 0.0830 e. The van der Waals surface area contributed by atoms with Crippen LogP contribution in [0.2, 0.25) is 0 Å². The Kier molecular flexibility index (Phi) is 7.51. The second-order valence-corrected chi connectivity index (χ2v) is 3.21. The zero-order valence-corrected chi connectivity index (χ0v) is 8.80. The van der Waals surface area contributed by atoms with Crippen molar-refractivity contribution in [3.8, 4) is 0 Å². The van der Waals surface area contributed by atoms with Gasteiger partial charge in [-0.15, -0.1) is 0 Å². The lowest BCUT2D eigenvalue weighted by atomic mass is 10.2. The highest BCUT2D eigenvalue weighted by molar-refractivity contribution is 4.62. The summed E-state index contributed by atoms with van der Waals surface area (Å²) in [5.41, 5.74) is 0.